The Morgan fingerprint density at radius 3 is 2.38 bits per heavy atom. The van der Waals surface area contributed by atoms with Crippen LogP contribution in [0.3, 0.4) is 0 Å². The van der Waals surface area contributed by atoms with Crippen molar-refractivity contribution >= 4 is 11.9 Å². The number of hydrogen-bond donors (Lipinski definition) is 0. The van der Waals surface area contributed by atoms with Crippen LogP contribution in [0.2, 0.25) is 0 Å². The summed E-state index contributed by atoms with van der Waals surface area (Å²) in [5.74, 6) is 0.401. The fourth-order valence-electron chi connectivity index (χ4n) is 4.83. The molecule has 4 aliphatic rings. The molecule has 134 valence electrons. The van der Waals surface area contributed by atoms with Gasteiger partial charge in [-0.2, -0.15) is 0 Å². The van der Waals surface area contributed by atoms with Crippen molar-refractivity contribution in [3.05, 3.63) is 0 Å². The van der Waals surface area contributed by atoms with E-state index in [-0.39, 0.29) is 23.9 Å². The number of fused-ring (bicyclic) bond motifs is 1. The van der Waals surface area contributed by atoms with Crippen LogP contribution in [0, 0.1) is 5.92 Å². The molecule has 0 aromatic rings. The molecule has 0 unspecified atom stereocenters. The first-order valence-electron chi connectivity index (χ1n) is 9.68. The van der Waals surface area contributed by atoms with Crippen LogP contribution < -0.4 is 0 Å². The number of nitrogens with zero attached hydrogens (tertiary/aromatic N) is 3. The molecule has 3 saturated heterocycles. The lowest BCUT2D eigenvalue weighted by atomic mass is 9.94. The second-order valence-electron chi connectivity index (χ2n) is 7.74. The predicted octanol–water partition coefficient (Wildman–Crippen LogP) is 1.69. The first-order valence-corrected chi connectivity index (χ1v) is 9.68. The van der Waals surface area contributed by atoms with Gasteiger partial charge in [0, 0.05) is 51.4 Å². The van der Waals surface area contributed by atoms with Gasteiger partial charge in [-0.15, -0.1) is 0 Å². The Morgan fingerprint density at radius 1 is 0.875 bits per heavy atom. The summed E-state index contributed by atoms with van der Waals surface area (Å²) in [6.07, 6.45) is 7.78. The van der Waals surface area contributed by atoms with Crippen LogP contribution in [0.5, 0.6) is 0 Å². The third kappa shape index (κ3) is 3.01. The van der Waals surface area contributed by atoms with E-state index in [0.29, 0.717) is 38.9 Å². The van der Waals surface area contributed by atoms with Gasteiger partial charge in [0.25, 0.3) is 0 Å². The zero-order valence-corrected chi connectivity index (χ0v) is 14.5. The Balaban J connectivity index is 1.38. The molecule has 0 aromatic heterocycles. The Kier molecular flexibility index (Phi) is 4.66. The monoisotopic (exact) mass is 335 g/mol. The molecular formula is C18H29N3O3. The van der Waals surface area contributed by atoms with Gasteiger partial charge in [0.1, 0.15) is 0 Å². The van der Waals surface area contributed by atoms with Gasteiger partial charge in [-0.25, -0.2) is 4.79 Å². The third-order valence-electron chi connectivity index (χ3n) is 6.28. The van der Waals surface area contributed by atoms with Crippen LogP contribution >= 0.6 is 0 Å². The topological polar surface area (TPSA) is 53.1 Å². The van der Waals surface area contributed by atoms with Crippen LogP contribution in [0.25, 0.3) is 0 Å². The number of carbonyl (C=O) groups is 2. The molecule has 24 heavy (non-hydrogen) atoms. The highest BCUT2D eigenvalue weighted by Gasteiger charge is 2.44. The van der Waals surface area contributed by atoms with E-state index in [1.807, 2.05) is 9.80 Å². The van der Waals surface area contributed by atoms with Crippen molar-refractivity contribution in [3.63, 3.8) is 0 Å². The van der Waals surface area contributed by atoms with Gasteiger partial charge < -0.3 is 19.4 Å². The zero-order chi connectivity index (χ0) is 16.5. The van der Waals surface area contributed by atoms with Crippen LogP contribution in [0.1, 0.15) is 44.9 Å². The Hall–Kier alpha value is -1.30. The van der Waals surface area contributed by atoms with Crippen LogP contribution in [0.4, 0.5) is 4.79 Å². The summed E-state index contributed by atoms with van der Waals surface area (Å²) in [5, 5.41) is 0. The molecule has 3 amide bonds. The molecule has 0 aromatic carbocycles. The maximum Gasteiger partial charge on any atom is 0.320 e. The smallest absolute Gasteiger partial charge is 0.320 e. The minimum atomic E-state index is 0.122. The Bertz CT molecular complexity index is 484. The zero-order valence-electron chi connectivity index (χ0n) is 14.5. The third-order valence-corrected chi connectivity index (χ3v) is 6.28. The maximum atomic E-state index is 12.8. The first kappa shape index (κ1) is 16.2. The highest BCUT2D eigenvalue weighted by molar-refractivity contribution is 5.81. The lowest BCUT2D eigenvalue weighted by Crippen LogP contribution is -2.55. The minimum absolute atomic E-state index is 0.122. The standard InChI is InChI=1S/C18H29N3O3/c22-17(14-6-10-24-11-7-14)19-8-9-20-16(12-19)13-21(18(20)23)15-4-2-1-3-5-15/h14-16H,1-13H2/t16-/m1/s1. The van der Waals surface area contributed by atoms with Crippen LogP contribution in [-0.4, -0.2) is 78.1 Å². The van der Waals surface area contributed by atoms with Crippen LogP contribution in [0.15, 0.2) is 0 Å². The SMILES string of the molecule is O=C(C1CCOCC1)N1CCN2C(=O)N(C3CCCCC3)C[C@H]2C1. The predicted molar refractivity (Wildman–Crippen MR) is 89.6 cm³/mol. The van der Waals surface area contributed by atoms with E-state index in [2.05, 4.69) is 4.90 Å². The van der Waals surface area contributed by atoms with Crippen molar-refractivity contribution in [1.29, 1.82) is 0 Å². The van der Waals surface area contributed by atoms with E-state index in [1.165, 1.54) is 19.3 Å². The minimum Gasteiger partial charge on any atom is -0.381 e. The summed E-state index contributed by atoms with van der Waals surface area (Å²) >= 11 is 0. The van der Waals surface area contributed by atoms with Gasteiger partial charge in [0.2, 0.25) is 5.91 Å². The number of amides is 3. The molecule has 0 radical (unpaired) electrons. The summed E-state index contributed by atoms with van der Waals surface area (Å²) in [6, 6.07) is 0.832. The van der Waals surface area contributed by atoms with Crippen molar-refractivity contribution in [2.45, 2.75) is 57.0 Å². The van der Waals surface area contributed by atoms with Crippen molar-refractivity contribution in [1.82, 2.24) is 14.7 Å². The fourth-order valence-corrected chi connectivity index (χ4v) is 4.83. The lowest BCUT2D eigenvalue weighted by Gasteiger charge is -2.38. The molecular weight excluding hydrogens is 306 g/mol. The van der Waals surface area contributed by atoms with Gasteiger partial charge in [0.15, 0.2) is 0 Å². The Morgan fingerprint density at radius 2 is 1.62 bits per heavy atom. The van der Waals surface area contributed by atoms with E-state index in [9.17, 15) is 9.59 Å². The summed E-state index contributed by atoms with van der Waals surface area (Å²) in [4.78, 5) is 31.6. The highest BCUT2D eigenvalue weighted by atomic mass is 16.5. The summed E-state index contributed by atoms with van der Waals surface area (Å²) in [7, 11) is 0. The molecule has 4 fully saturated rings. The number of piperazine rings is 1. The van der Waals surface area contributed by atoms with E-state index >= 15 is 0 Å². The number of rotatable bonds is 2. The fraction of sp³-hybridized carbons (Fsp3) is 0.889. The van der Waals surface area contributed by atoms with Gasteiger partial charge in [-0.05, 0) is 25.7 Å². The van der Waals surface area contributed by atoms with E-state index in [1.54, 1.807) is 0 Å². The molecule has 1 saturated carbocycles. The average Bonchev–Trinajstić information content (AvgIpc) is 2.99. The number of urea groups is 1. The maximum absolute atomic E-state index is 12.8. The highest BCUT2D eigenvalue weighted by Crippen LogP contribution is 2.30. The van der Waals surface area contributed by atoms with Crippen molar-refractivity contribution in [2.75, 3.05) is 39.4 Å². The summed E-state index contributed by atoms with van der Waals surface area (Å²) in [5.41, 5.74) is 0. The van der Waals surface area contributed by atoms with Gasteiger partial charge in [0.05, 0.1) is 6.04 Å². The molecule has 1 aliphatic carbocycles. The molecule has 0 spiro atoms. The van der Waals surface area contributed by atoms with Crippen molar-refractivity contribution in [2.24, 2.45) is 5.92 Å². The van der Waals surface area contributed by atoms with Gasteiger partial charge in [-0.1, -0.05) is 19.3 Å². The summed E-state index contributed by atoms with van der Waals surface area (Å²) in [6.45, 7) is 4.31. The second kappa shape index (κ2) is 6.90. The molecule has 3 heterocycles. The van der Waals surface area contributed by atoms with Gasteiger partial charge in [-0.3, -0.25) is 4.79 Å². The Labute approximate surface area is 144 Å². The lowest BCUT2D eigenvalue weighted by molar-refractivity contribution is -0.140. The van der Waals surface area contributed by atoms with E-state index < -0.39 is 0 Å². The van der Waals surface area contributed by atoms with Crippen molar-refractivity contribution in [3.8, 4) is 0 Å². The number of hydrogen-bond acceptors (Lipinski definition) is 3. The molecule has 1 atom stereocenters. The van der Waals surface area contributed by atoms with Gasteiger partial charge >= 0.3 is 6.03 Å². The molecule has 6 heteroatoms. The normalized spacial score (nSPS) is 29.9. The molecule has 4 rings (SSSR count). The van der Waals surface area contributed by atoms with E-state index in [0.717, 1.165) is 32.2 Å². The quantitative estimate of drug-likeness (QED) is 0.772. The van der Waals surface area contributed by atoms with E-state index in [4.69, 9.17) is 4.74 Å². The summed E-state index contributed by atoms with van der Waals surface area (Å²) < 4.78 is 5.37. The molecule has 0 bridgehead atoms. The number of carbonyl (C=O) groups excluding carboxylic acids is 2. The first-order chi connectivity index (χ1) is 11.7. The molecule has 6 nitrogen and oxygen atoms in total. The van der Waals surface area contributed by atoms with Crippen molar-refractivity contribution < 1.29 is 14.3 Å². The second-order valence-corrected chi connectivity index (χ2v) is 7.74. The largest absolute Gasteiger partial charge is 0.381 e. The molecule has 0 N–H and O–H groups in total. The molecule has 3 aliphatic heterocycles. The average molecular weight is 335 g/mol. The van der Waals surface area contributed by atoms with Crippen LogP contribution in [-0.2, 0) is 9.53 Å². The number of ether oxygens (including phenoxy) is 1.